The number of para-hydroxylation sites is 1. The quantitative estimate of drug-likeness (QED) is 0.570. The summed E-state index contributed by atoms with van der Waals surface area (Å²) in [5.74, 6) is -0.325. The molecule has 1 saturated carbocycles. The first-order chi connectivity index (χ1) is 17.4. The lowest BCUT2D eigenvalue weighted by atomic mass is 9.86. The van der Waals surface area contributed by atoms with Gasteiger partial charge in [-0.15, -0.1) is 0 Å². The lowest BCUT2D eigenvalue weighted by Gasteiger charge is -2.29. The standard InChI is InChI=1S/C29H36N4O3/c1-4-24-23-17-11-12-19(2)26(23)33(18-25(34)22-15-9-6-10-16-22)28(35)27(31-24)32-29(36)30-20(3)21-13-7-5-8-14-21/h5,7-8,11-14,17,20,22,27H,4,6,9-10,15-16,18H2,1-3H3,(H2,30,32,36)/t20-,27+/m0/s1. The molecule has 2 aliphatic rings. The molecule has 4 rings (SSSR count). The molecule has 0 radical (unpaired) electrons. The van der Waals surface area contributed by atoms with Gasteiger partial charge in [0.25, 0.3) is 5.91 Å². The molecule has 7 heteroatoms. The van der Waals surface area contributed by atoms with Crippen molar-refractivity contribution < 1.29 is 14.4 Å². The van der Waals surface area contributed by atoms with Gasteiger partial charge in [0.1, 0.15) is 0 Å². The molecular formula is C29H36N4O3. The summed E-state index contributed by atoms with van der Waals surface area (Å²) in [5, 5.41) is 5.67. The SMILES string of the molecule is CCC1=N[C@H](NC(=O)N[C@@H](C)c2ccccc2)C(=O)N(CC(=O)C2CCCCC2)c2c(C)cccc21. The molecule has 2 atom stereocenters. The van der Waals surface area contributed by atoms with Gasteiger partial charge in [-0.05, 0) is 44.2 Å². The molecule has 0 bridgehead atoms. The van der Waals surface area contributed by atoms with E-state index >= 15 is 0 Å². The largest absolute Gasteiger partial charge is 0.332 e. The average molecular weight is 489 g/mol. The maximum atomic E-state index is 13.9. The number of hydrogen-bond donors (Lipinski definition) is 2. The van der Waals surface area contributed by atoms with Gasteiger partial charge in [0.2, 0.25) is 6.17 Å². The van der Waals surface area contributed by atoms with E-state index in [1.54, 1.807) is 4.90 Å². The summed E-state index contributed by atoms with van der Waals surface area (Å²) >= 11 is 0. The smallest absolute Gasteiger partial charge is 0.317 e. The Morgan fingerprint density at radius 1 is 1.06 bits per heavy atom. The number of ketones is 1. The molecule has 1 aliphatic carbocycles. The highest BCUT2D eigenvalue weighted by molar-refractivity contribution is 6.15. The number of amides is 3. The molecule has 36 heavy (non-hydrogen) atoms. The molecule has 7 nitrogen and oxygen atoms in total. The van der Waals surface area contributed by atoms with E-state index in [9.17, 15) is 14.4 Å². The predicted octanol–water partition coefficient (Wildman–Crippen LogP) is 5.08. The van der Waals surface area contributed by atoms with Crippen LogP contribution in [0.3, 0.4) is 0 Å². The third-order valence-corrected chi connectivity index (χ3v) is 7.23. The van der Waals surface area contributed by atoms with Gasteiger partial charge in [-0.2, -0.15) is 0 Å². The average Bonchev–Trinajstić information content (AvgIpc) is 3.00. The summed E-state index contributed by atoms with van der Waals surface area (Å²) in [6.07, 6.45) is 4.48. The fourth-order valence-corrected chi connectivity index (χ4v) is 5.22. The van der Waals surface area contributed by atoms with Gasteiger partial charge in [0.15, 0.2) is 5.78 Å². The van der Waals surface area contributed by atoms with E-state index in [-0.39, 0.29) is 30.2 Å². The Bertz CT molecular complexity index is 1140. The second-order valence-corrected chi connectivity index (χ2v) is 9.78. The van der Waals surface area contributed by atoms with Gasteiger partial charge >= 0.3 is 6.03 Å². The second-order valence-electron chi connectivity index (χ2n) is 9.78. The molecule has 0 spiro atoms. The molecule has 2 aromatic rings. The fraction of sp³-hybridized carbons (Fsp3) is 0.448. The molecule has 0 saturated heterocycles. The number of aliphatic imine (C=N–C) groups is 1. The summed E-state index contributed by atoms with van der Waals surface area (Å²) in [4.78, 5) is 46.3. The zero-order valence-corrected chi connectivity index (χ0v) is 21.4. The Kier molecular flexibility index (Phi) is 8.18. The number of rotatable bonds is 7. The van der Waals surface area contributed by atoms with Crippen molar-refractivity contribution in [1.82, 2.24) is 10.6 Å². The molecular weight excluding hydrogens is 452 g/mol. The molecule has 2 aromatic carbocycles. The minimum Gasteiger partial charge on any atom is -0.332 e. The predicted molar refractivity (Wildman–Crippen MR) is 142 cm³/mol. The van der Waals surface area contributed by atoms with Crippen molar-refractivity contribution in [2.45, 2.75) is 71.5 Å². The van der Waals surface area contributed by atoms with E-state index in [2.05, 4.69) is 15.6 Å². The normalized spacial score (nSPS) is 19.1. The van der Waals surface area contributed by atoms with Gasteiger partial charge in [-0.3, -0.25) is 14.6 Å². The van der Waals surface area contributed by atoms with Crippen molar-refractivity contribution in [3.63, 3.8) is 0 Å². The summed E-state index contributed by atoms with van der Waals surface area (Å²) in [5.41, 5.74) is 4.15. The number of urea groups is 1. The zero-order chi connectivity index (χ0) is 25.7. The molecule has 1 aliphatic heterocycles. The number of benzene rings is 2. The highest BCUT2D eigenvalue weighted by Crippen LogP contribution is 2.32. The van der Waals surface area contributed by atoms with Crippen molar-refractivity contribution in [3.05, 3.63) is 65.2 Å². The number of hydrogen-bond acceptors (Lipinski definition) is 4. The van der Waals surface area contributed by atoms with E-state index in [0.717, 1.165) is 60.2 Å². The number of anilines is 1. The third-order valence-electron chi connectivity index (χ3n) is 7.23. The Hall–Kier alpha value is -3.48. The summed E-state index contributed by atoms with van der Waals surface area (Å²) in [6.45, 7) is 5.80. The minimum absolute atomic E-state index is 0.00587. The van der Waals surface area contributed by atoms with E-state index in [4.69, 9.17) is 0 Å². The van der Waals surface area contributed by atoms with Gasteiger partial charge in [0, 0.05) is 17.2 Å². The first kappa shape index (κ1) is 25.6. The van der Waals surface area contributed by atoms with Gasteiger partial charge in [-0.1, -0.05) is 74.7 Å². The molecule has 1 fully saturated rings. The van der Waals surface area contributed by atoms with Crippen LogP contribution in [0, 0.1) is 12.8 Å². The van der Waals surface area contributed by atoms with E-state index in [1.165, 1.54) is 0 Å². The highest BCUT2D eigenvalue weighted by atomic mass is 16.2. The van der Waals surface area contributed by atoms with Crippen molar-refractivity contribution in [3.8, 4) is 0 Å². The summed E-state index contributed by atoms with van der Waals surface area (Å²) in [7, 11) is 0. The summed E-state index contributed by atoms with van der Waals surface area (Å²) in [6, 6.07) is 14.7. The van der Waals surface area contributed by atoms with E-state index in [1.807, 2.05) is 69.3 Å². The number of aryl methyl sites for hydroxylation is 1. The fourth-order valence-electron chi connectivity index (χ4n) is 5.22. The van der Waals surface area contributed by atoms with Crippen molar-refractivity contribution in [2.75, 3.05) is 11.4 Å². The Balaban J connectivity index is 1.60. The van der Waals surface area contributed by atoms with Gasteiger partial charge in [-0.25, -0.2) is 4.79 Å². The number of fused-ring (bicyclic) bond motifs is 1. The van der Waals surface area contributed by atoms with Crippen LogP contribution in [0.2, 0.25) is 0 Å². The Morgan fingerprint density at radius 2 is 1.78 bits per heavy atom. The molecule has 0 aromatic heterocycles. The molecule has 1 heterocycles. The molecule has 2 N–H and O–H groups in total. The number of carbonyl (C=O) groups excluding carboxylic acids is 3. The van der Waals surface area contributed by atoms with E-state index < -0.39 is 12.2 Å². The monoisotopic (exact) mass is 488 g/mol. The Morgan fingerprint density at radius 3 is 2.47 bits per heavy atom. The molecule has 3 amide bonds. The number of nitrogens with zero attached hydrogens (tertiary/aromatic N) is 2. The van der Waals surface area contributed by atoms with Crippen LogP contribution < -0.4 is 15.5 Å². The number of benzodiazepines with no additional fused rings is 1. The highest BCUT2D eigenvalue weighted by Gasteiger charge is 2.35. The van der Waals surface area contributed by atoms with Gasteiger partial charge < -0.3 is 15.5 Å². The van der Waals surface area contributed by atoms with Crippen molar-refractivity contribution in [2.24, 2.45) is 10.9 Å². The number of Topliss-reactive ketones (excluding diaryl/α,β-unsaturated/α-hetero) is 1. The topological polar surface area (TPSA) is 90.9 Å². The van der Waals surface area contributed by atoms with Crippen LogP contribution >= 0.6 is 0 Å². The second kappa shape index (κ2) is 11.5. The van der Waals surface area contributed by atoms with Crippen LogP contribution in [-0.2, 0) is 9.59 Å². The van der Waals surface area contributed by atoms with Crippen LogP contribution in [0.4, 0.5) is 10.5 Å². The van der Waals surface area contributed by atoms with Gasteiger partial charge in [0.05, 0.1) is 18.3 Å². The van der Waals surface area contributed by atoms with Crippen LogP contribution in [0.5, 0.6) is 0 Å². The first-order valence-corrected chi connectivity index (χ1v) is 13.0. The third kappa shape index (κ3) is 5.66. The zero-order valence-electron chi connectivity index (χ0n) is 21.4. The van der Waals surface area contributed by atoms with Crippen molar-refractivity contribution >= 4 is 29.1 Å². The van der Waals surface area contributed by atoms with Crippen LogP contribution in [0.15, 0.2) is 53.5 Å². The van der Waals surface area contributed by atoms with E-state index in [0.29, 0.717) is 6.42 Å². The number of nitrogens with one attached hydrogen (secondary N) is 2. The molecule has 0 unspecified atom stereocenters. The van der Waals surface area contributed by atoms with Crippen LogP contribution in [-0.4, -0.2) is 36.1 Å². The lowest BCUT2D eigenvalue weighted by Crippen LogP contribution is -2.52. The maximum Gasteiger partial charge on any atom is 0.317 e. The molecule has 190 valence electrons. The lowest BCUT2D eigenvalue weighted by molar-refractivity contribution is -0.126. The summed E-state index contributed by atoms with van der Waals surface area (Å²) < 4.78 is 0. The van der Waals surface area contributed by atoms with Crippen molar-refractivity contribution in [1.29, 1.82) is 0 Å². The maximum absolute atomic E-state index is 13.9. The minimum atomic E-state index is -1.12. The first-order valence-electron chi connectivity index (χ1n) is 13.0. The number of carbonyl (C=O) groups is 3. The van der Waals surface area contributed by atoms with Crippen LogP contribution in [0.25, 0.3) is 0 Å². The van der Waals surface area contributed by atoms with Crippen LogP contribution in [0.1, 0.15) is 75.1 Å². The Labute approximate surface area is 213 Å².